The van der Waals surface area contributed by atoms with Gasteiger partial charge >= 0.3 is 5.97 Å². The third-order valence-corrected chi connectivity index (χ3v) is 7.21. The quantitative estimate of drug-likeness (QED) is 0.596. The SMILES string of the molecule is CC(=O)N[C@@H](c1ccccc1)[C@@H](O)C(=O)OC1c2cocc2C[C@](C)(O)[C@H]2CC(C)(C)C[C@@H]12. The van der Waals surface area contributed by atoms with Gasteiger partial charge in [0, 0.05) is 30.4 Å². The van der Waals surface area contributed by atoms with E-state index in [1.807, 2.05) is 13.0 Å². The van der Waals surface area contributed by atoms with E-state index in [4.69, 9.17) is 9.15 Å². The largest absolute Gasteiger partial charge is 0.472 e. The minimum Gasteiger partial charge on any atom is -0.472 e. The van der Waals surface area contributed by atoms with Gasteiger partial charge in [-0.2, -0.15) is 0 Å². The molecule has 33 heavy (non-hydrogen) atoms. The normalized spacial score (nSPS) is 29.8. The number of rotatable bonds is 5. The lowest BCUT2D eigenvalue weighted by Crippen LogP contribution is -2.42. The van der Waals surface area contributed by atoms with E-state index in [0.717, 1.165) is 24.0 Å². The lowest BCUT2D eigenvalue weighted by atomic mass is 9.78. The second-order valence-electron chi connectivity index (χ2n) is 10.6. The van der Waals surface area contributed by atoms with Crippen molar-refractivity contribution in [2.24, 2.45) is 17.3 Å². The average molecular weight is 456 g/mol. The van der Waals surface area contributed by atoms with E-state index in [1.165, 1.54) is 6.92 Å². The first kappa shape index (κ1) is 23.5. The van der Waals surface area contributed by atoms with Crippen LogP contribution in [0.2, 0.25) is 0 Å². The van der Waals surface area contributed by atoms with Gasteiger partial charge in [0.1, 0.15) is 6.10 Å². The van der Waals surface area contributed by atoms with E-state index in [2.05, 4.69) is 19.2 Å². The van der Waals surface area contributed by atoms with Gasteiger partial charge in [0.15, 0.2) is 6.10 Å². The van der Waals surface area contributed by atoms with E-state index in [-0.39, 0.29) is 23.2 Å². The van der Waals surface area contributed by atoms with Crippen molar-refractivity contribution in [3.05, 3.63) is 59.5 Å². The molecular weight excluding hydrogens is 422 g/mol. The first-order valence-electron chi connectivity index (χ1n) is 11.5. The molecule has 178 valence electrons. The van der Waals surface area contributed by atoms with E-state index >= 15 is 0 Å². The fraction of sp³-hybridized carbons (Fsp3) is 0.538. The van der Waals surface area contributed by atoms with Crippen LogP contribution < -0.4 is 5.32 Å². The van der Waals surface area contributed by atoms with Crippen LogP contribution >= 0.6 is 0 Å². The lowest BCUT2D eigenvalue weighted by molar-refractivity contribution is -0.167. The van der Waals surface area contributed by atoms with Crippen LogP contribution in [0.4, 0.5) is 0 Å². The molecule has 3 N–H and O–H groups in total. The van der Waals surface area contributed by atoms with Crippen LogP contribution in [0.25, 0.3) is 0 Å². The minimum absolute atomic E-state index is 0.0212. The summed E-state index contributed by atoms with van der Waals surface area (Å²) in [5.41, 5.74) is 1.15. The van der Waals surface area contributed by atoms with Crippen LogP contribution in [0.3, 0.4) is 0 Å². The first-order valence-corrected chi connectivity index (χ1v) is 11.5. The van der Waals surface area contributed by atoms with Gasteiger partial charge in [-0.15, -0.1) is 0 Å². The van der Waals surface area contributed by atoms with Crippen molar-refractivity contribution in [3.8, 4) is 0 Å². The number of aliphatic hydroxyl groups excluding tert-OH is 1. The summed E-state index contributed by atoms with van der Waals surface area (Å²) < 4.78 is 11.4. The predicted octanol–water partition coefficient (Wildman–Crippen LogP) is 3.46. The third kappa shape index (κ3) is 4.70. The Hall–Kier alpha value is -2.64. The van der Waals surface area contributed by atoms with Crippen molar-refractivity contribution in [3.63, 3.8) is 0 Å². The van der Waals surface area contributed by atoms with Crippen molar-refractivity contribution in [2.75, 3.05) is 0 Å². The molecular formula is C26H33NO6. The molecule has 0 aliphatic heterocycles. The van der Waals surface area contributed by atoms with Gasteiger partial charge in [0.2, 0.25) is 5.91 Å². The molecule has 2 aromatic rings. The number of esters is 1. The molecule has 1 aromatic carbocycles. The molecule has 4 rings (SSSR count). The zero-order valence-electron chi connectivity index (χ0n) is 19.6. The maximum atomic E-state index is 13.2. The molecule has 7 nitrogen and oxygen atoms in total. The Morgan fingerprint density at radius 2 is 1.85 bits per heavy atom. The van der Waals surface area contributed by atoms with Crippen LogP contribution in [-0.4, -0.2) is 33.8 Å². The van der Waals surface area contributed by atoms with Crippen molar-refractivity contribution in [2.45, 2.75) is 70.8 Å². The Morgan fingerprint density at radius 3 is 2.52 bits per heavy atom. The fourth-order valence-electron chi connectivity index (χ4n) is 5.79. The second kappa shape index (κ2) is 8.61. The van der Waals surface area contributed by atoms with E-state index < -0.39 is 29.8 Å². The van der Waals surface area contributed by atoms with Gasteiger partial charge in [0.05, 0.1) is 24.2 Å². The summed E-state index contributed by atoms with van der Waals surface area (Å²) >= 11 is 0. The molecule has 0 radical (unpaired) electrons. The standard InChI is InChI=1S/C26H33NO6/c1-15(28)27-21(16-8-6-5-7-9-16)22(29)24(30)33-23-18-11-25(2,3)12-20(18)26(4,31)10-17-13-32-14-19(17)23/h5-9,13-14,18,20-23,29,31H,10-12H2,1-4H3,(H,27,28)/t18-,20+,21+,22-,23?,26+/m1/s1. The topological polar surface area (TPSA) is 109 Å². The van der Waals surface area contributed by atoms with Gasteiger partial charge < -0.3 is 24.7 Å². The van der Waals surface area contributed by atoms with Gasteiger partial charge in [-0.1, -0.05) is 44.2 Å². The summed E-state index contributed by atoms with van der Waals surface area (Å²) in [5, 5.41) is 25.0. The van der Waals surface area contributed by atoms with Crippen LogP contribution in [0, 0.1) is 17.3 Å². The molecule has 1 fully saturated rings. The number of benzene rings is 1. The van der Waals surface area contributed by atoms with Crippen LogP contribution in [0.5, 0.6) is 0 Å². The molecule has 1 unspecified atom stereocenters. The first-order chi connectivity index (χ1) is 15.5. The molecule has 2 aliphatic rings. The van der Waals surface area contributed by atoms with Gasteiger partial charge in [-0.05, 0) is 36.7 Å². The highest BCUT2D eigenvalue weighted by atomic mass is 16.6. The maximum Gasteiger partial charge on any atom is 0.338 e. The number of hydrogen-bond acceptors (Lipinski definition) is 6. The summed E-state index contributed by atoms with van der Waals surface area (Å²) in [5.74, 6) is -1.38. The van der Waals surface area contributed by atoms with Crippen LogP contribution in [-0.2, 0) is 20.7 Å². The number of ether oxygens (including phenoxy) is 1. The van der Waals surface area contributed by atoms with Crippen molar-refractivity contribution < 1.29 is 29.0 Å². The van der Waals surface area contributed by atoms with E-state index in [0.29, 0.717) is 12.0 Å². The molecule has 0 bridgehead atoms. The summed E-state index contributed by atoms with van der Waals surface area (Å²) in [6, 6.07) is 7.91. The highest BCUT2D eigenvalue weighted by molar-refractivity contribution is 5.79. The van der Waals surface area contributed by atoms with Crippen LogP contribution in [0.15, 0.2) is 47.3 Å². The van der Waals surface area contributed by atoms with Gasteiger partial charge in [-0.3, -0.25) is 4.79 Å². The average Bonchev–Trinajstić information content (AvgIpc) is 3.31. The van der Waals surface area contributed by atoms with Gasteiger partial charge in [-0.25, -0.2) is 4.79 Å². The number of hydrogen-bond donors (Lipinski definition) is 3. The minimum atomic E-state index is -1.59. The number of amides is 1. The fourth-order valence-corrected chi connectivity index (χ4v) is 5.79. The smallest absolute Gasteiger partial charge is 0.338 e. The van der Waals surface area contributed by atoms with E-state index in [9.17, 15) is 19.8 Å². The maximum absolute atomic E-state index is 13.2. The molecule has 1 heterocycles. The summed E-state index contributed by atoms with van der Waals surface area (Å²) in [6.07, 6.45) is 2.90. The molecule has 1 amide bonds. The van der Waals surface area contributed by atoms with Crippen molar-refractivity contribution >= 4 is 11.9 Å². The predicted molar refractivity (Wildman–Crippen MR) is 121 cm³/mol. The number of carbonyl (C=O) groups excluding carboxylic acids is 2. The van der Waals surface area contributed by atoms with Gasteiger partial charge in [0.25, 0.3) is 0 Å². The Bertz CT molecular complexity index is 1010. The Labute approximate surface area is 194 Å². The summed E-state index contributed by atoms with van der Waals surface area (Å²) in [4.78, 5) is 25.0. The third-order valence-electron chi connectivity index (χ3n) is 7.21. The summed E-state index contributed by atoms with van der Waals surface area (Å²) in [6.45, 7) is 7.49. The Morgan fingerprint density at radius 1 is 1.15 bits per heavy atom. The highest BCUT2D eigenvalue weighted by Gasteiger charge is 2.54. The Balaban J connectivity index is 1.65. The molecule has 0 spiro atoms. The van der Waals surface area contributed by atoms with Crippen molar-refractivity contribution in [1.29, 1.82) is 0 Å². The molecule has 0 saturated heterocycles. The number of carbonyl (C=O) groups is 2. The number of nitrogens with one attached hydrogen (secondary N) is 1. The zero-order valence-corrected chi connectivity index (χ0v) is 19.6. The molecule has 7 heteroatoms. The highest BCUT2D eigenvalue weighted by Crippen LogP contribution is 2.57. The second-order valence-corrected chi connectivity index (χ2v) is 10.6. The number of furan rings is 1. The summed E-state index contributed by atoms with van der Waals surface area (Å²) in [7, 11) is 0. The lowest BCUT2D eigenvalue weighted by Gasteiger charge is -2.34. The van der Waals surface area contributed by atoms with Crippen LogP contribution in [0.1, 0.15) is 69.4 Å². The molecule has 2 aliphatic carbocycles. The number of aliphatic hydroxyl groups is 2. The molecule has 6 atom stereocenters. The zero-order chi connectivity index (χ0) is 24.0. The monoisotopic (exact) mass is 455 g/mol. The van der Waals surface area contributed by atoms with E-state index in [1.54, 1.807) is 36.8 Å². The van der Waals surface area contributed by atoms with Crippen molar-refractivity contribution in [1.82, 2.24) is 5.32 Å². The number of fused-ring (bicyclic) bond motifs is 2. The molecule has 1 saturated carbocycles. The molecule has 1 aromatic heterocycles. The Kier molecular flexibility index (Phi) is 6.14.